The fraction of sp³-hybridized carbons (Fsp3) is 0.455. The third kappa shape index (κ3) is 4.04. The van der Waals surface area contributed by atoms with Crippen LogP contribution in [0, 0.1) is 6.92 Å². The second-order valence-electron chi connectivity index (χ2n) is 7.62. The first kappa shape index (κ1) is 18.1. The van der Waals surface area contributed by atoms with Crippen molar-refractivity contribution in [3.05, 3.63) is 65.4 Å². The molecule has 142 valence electrons. The minimum atomic E-state index is 0.374. The maximum absolute atomic E-state index is 5.74. The molecule has 0 amide bonds. The maximum Gasteiger partial charge on any atom is 0.137 e. The van der Waals surface area contributed by atoms with Crippen LogP contribution in [0.4, 0.5) is 0 Å². The first-order valence-electron chi connectivity index (χ1n) is 10.1. The fourth-order valence-corrected chi connectivity index (χ4v) is 4.17. The van der Waals surface area contributed by atoms with Gasteiger partial charge in [0.1, 0.15) is 5.65 Å². The van der Waals surface area contributed by atoms with Crippen molar-refractivity contribution in [2.24, 2.45) is 5.73 Å². The van der Waals surface area contributed by atoms with Crippen LogP contribution < -0.4 is 5.73 Å². The number of pyridine rings is 2. The summed E-state index contributed by atoms with van der Waals surface area (Å²) in [5.41, 5.74) is 11.8. The summed E-state index contributed by atoms with van der Waals surface area (Å²) < 4.78 is 2.12. The summed E-state index contributed by atoms with van der Waals surface area (Å²) in [5.74, 6) is 0. The van der Waals surface area contributed by atoms with E-state index in [0.29, 0.717) is 6.04 Å². The number of hydrogen-bond donors (Lipinski definition) is 1. The van der Waals surface area contributed by atoms with Gasteiger partial charge in [0, 0.05) is 25.1 Å². The highest BCUT2D eigenvalue weighted by molar-refractivity contribution is 5.42. The smallest absolute Gasteiger partial charge is 0.137 e. The summed E-state index contributed by atoms with van der Waals surface area (Å²) >= 11 is 0. The molecule has 27 heavy (non-hydrogen) atoms. The van der Waals surface area contributed by atoms with Gasteiger partial charge in [0.2, 0.25) is 0 Å². The average Bonchev–Trinajstić information content (AvgIpc) is 3.08. The predicted octanol–water partition coefficient (Wildman–Crippen LogP) is 3.66. The van der Waals surface area contributed by atoms with Crippen LogP contribution >= 0.6 is 0 Å². The molecule has 1 atom stereocenters. The Labute approximate surface area is 161 Å². The highest BCUT2D eigenvalue weighted by Crippen LogP contribution is 2.33. The quantitative estimate of drug-likeness (QED) is 0.651. The van der Waals surface area contributed by atoms with Gasteiger partial charge < -0.3 is 10.1 Å². The van der Waals surface area contributed by atoms with Gasteiger partial charge >= 0.3 is 0 Å². The van der Waals surface area contributed by atoms with E-state index in [9.17, 15) is 0 Å². The Balaban J connectivity index is 1.60. The normalized spacial score (nSPS) is 16.8. The topological polar surface area (TPSA) is 59.5 Å². The molecule has 1 aliphatic rings. The lowest BCUT2D eigenvalue weighted by Crippen LogP contribution is -2.33. The summed E-state index contributed by atoms with van der Waals surface area (Å²) in [6, 6.07) is 8.93. The highest BCUT2D eigenvalue weighted by Gasteiger charge is 2.27. The Morgan fingerprint density at radius 3 is 3.11 bits per heavy atom. The Morgan fingerprint density at radius 2 is 2.22 bits per heavy atom. The van der Waals surface area contributed by atoms with Crippen LogP contribution in [0.5, 0.6) is 0 Å². The molecule has 5 nitrogen and oxygen atoms in total. The first-order chi connectivity index (χ1) is 13.2. The van der Waals surface area contributed by atoms with Crippen LogP contribution in [0.25, 0.3) is 5.65 Å². The van der Waals surface area contributed by atoms with Gasteiger partial charge in [-0.25, -0.2) is 4.98 Å². The zero-order valence-electron chi connectivity index (χ0n) is 16.1. The molecular formula is C22H29N5. The summed E-state index contributed by atoms with van der Waals surface area (Å²) in [6.07, 6.45) is 11.9. The largest absolute Gasteiger partial charge is 0.330 e. The van der Waals surface area contributed by atoms with E-state index in [1.54, 1.807) is 0 Å². The van der Waals surface area contributed by atoms with Crippen molar-refractivity contribution in [1.29, 1.82) is 0 Å². The minimum absolute atomic E-state index is 0.374. The number of nitrogens with two attached hydrogens (primary N) is 1. The van der Waals surface area contributed by atoms with E-state index in [2.05, 4.69) is 52.9 Å². The van der Waals surface area contributed by atoms with Gasteiger partial charge in [-0.1, -0.05) is 6.07 Å². The molecule has 1 aliphatic carbocycles. The van der Waals surface area contributed by atoms with Crippen molar-refractivity contribution in [3.8, 4) is 0 Å². The zero-order valence-corrected chi connectivity index (χ0v) is 16.1. The SMILES string of the molecule is Cc1ccn2cc(CN(CCCCN)C3CCCc4cccnc43)nc2c1. The van der Waals surface area contributed by atoms with Crippen LogP contribution in [-0.2, 0) is 13.0 Å². The van der Waals surface area contributed by atoms with E-state index in [-0.39, 0.29) is 0 Å². The van der Waals surface area contributed by atoms with E-state index in [1.807, 2.05) is 6.20 Å². The van der Waals surface area contributed by atoms with E-state index in [0.717, 1.165) is 50.2 Å². The Morgan fingerprint density at radius 1 is 1.30 bits per heavy atom. The minimum Gasteiger partial charge on any atom is -0.330 e. The van der Waals surface area contributed by atoms with Crippen LogP contribution in [0.3, 0.4) is 0 Å². The number of aromatic nitrogens is 3. The van der Waals surface area contributed by atoms with Crippen LogP contribution in [0.2, 0.25) is 0 Å². The number of aryl methyl sites for hydroxylation is 2. The number of fused-ring (bicyclic) bond motifs is 2. The Kier molecular flexibility index (Phi) is 5.50. The molecule has 0 aromatic carbocycles. The molecular weight excluding hydrogens is 334 g/mol. The molecule has 0 bridgehead atoms. The fourth-order valence-electron chi connectivity index (χ4n) is 4.17. The molecule has 4 rings (SSSR count). The van der Waals surface area contributed by atoms with Crippen LogP contribution in [0.15, 0.2) is 42.9 Å². The van der Waals surface area contributed by atoms with Gasteiger partial charge in [0.15, 0.2) is 0 Å². The number of rotatable bonds is 7. The molecule has 1 unspecified atom stereocenters. The molecule has 0 fully saturated rings. The van der Waals surface area contributed by atoms with Gasteiger partial charge in [-0.2, -0.15) is 0 Å². The molecule has 0 saturated heterocycles. The molecule has 2 N–H and O–H groups in total. The maximum atomic E-state index is 5.74. The molecule has 3 aromatic rings. The molecule has 3 heterocycles. The third-order valence-corrected chi connectivity index (χ3v) is 5.54. The second kappa shape index (κ2) is 8.19. The second-order valence-corrected chi connectivity index (χ2v) is 7.62. The molecule has 3 aromatic heterocycles. The summed E-state index contributed by atoms with van der Waals surface area (Å²) in [7, 11) is 0. The van der Waals surface area contributed by atoms with Crippen molar-refractivity contribution in [3.63, 3.8) is 0 Å². The van der Waals surface area contributed by atoms with Gasteiger partial charge in [0.25, 0.3) is 0 Å². The van der Waals surface area contributed by atoms with Gasteiger partial charge in [-0.05, 0) is 81.4 Å². The van der Waals surface area contributed by atoms with Gasteiger partial charge in [0.05, 0.1) is 17.4 Å². The number of unbranched alkanes of at least 4 members (excludes halogenated alkanes) is 1. The van der Waals surface area contributed by atoms with E-state index in [4.69, 9.17) is 15.7 Å². The lowest BCUT2D eigenvalue weighted by atomic mass is 9.90. The van der Waals surface area contributed by atoms with Crippen molar-refractivity contribution in [2.75, 3.05) is 13.1 Å². The number of hydrogen-bond acceptors (Lipinski definition) is 4. The molecule has 0 spiro atoms. The van der Waals surface area contributed by atoms with Crippen LogP contribution in [0.1, 0.15) is 54.2 Å². The predicted molar refractivity (Wildman–Crippen MR) is 109 cm³/mol. The zero-order chi connectivity index (χ0) is 18.6. The molecule has 0 aliphatic heterocycles. The summed E-state index contributed by atoms with van der Waals surface area (Å²) in [6.45, 7) is 4.75. The molecule has 5 heteroatoms. The summed E-state index contributed by atoms with van der Waals surface area (Å²) in [4.78, 5) is 12.2. The van der Waals surface area contributed by atoms with Crippen molar-refractivity contribution < 1.29 is 0 Å². The van der Waals surface area contributed by atoms with E-state index in [1.165, 1.54) is 29.7 Å². The van der Waals surface area contributed by atoms with Crippen molar-refractivity contribution in [1.82, 2.24) is 19.3 Å². The van der Waals surface area contributed by atoms with E-state index >= 15 is 0 Å². The first-order valence-corrected chi connectivity index (χ1v) is 10.1. The van der Waals surface area contributed by atoms with E-state index < -0.39 is 0 Å². The van der Waals surface area contributed by atoms with Gasteiger partial charge in [-0.3, -0.25) is 9.88 Å². The average molecular weight is 364 g/mol. The third-order valence-electron chi connectivity index (χ3n) is 5.54. The monoisotopic (exact) mass is 363 g/mol. The lowest BCUT2D eigenvalue weighted by molar-refractivity contribution is 0.161. The van der Waals surface area contributed by atoms with Crippen molar-refractivity contribution >= 4 is 5.65 Å². The molecule has 0 saturated carbocycles. The lowest BCUT2D eigenvalue weighted by Gasteiger charge is -2.34. The number of imidazole rings is 1. The van der Waals surface area contributed by atoms with Gasteiger partial charge in [-0.15, -0.1) is 0 Å². The Hall–Kier alpha value is -2.24. The molecule has 0 radical (unpaired) electrons. The standard InChI is InChI=1S/C22H29N5/c1-17-9-13-27-16-19(25-21(27)14-17)15-26(12-3-2-10-23)20-8-4-6-18-7-5-11-24-22(18)20/h5,7,9,11,13-14,16,20H,2-4,6,8,10,12,15,23H2,1H3. The van der Waals surface area contributed by atoms with Crippen molar-refractivity contribution in [2.45, 2.75) is 51.6 Å². The van der Waals surface area contributed by atoms with Crippen LogP contribution in [-0.4, -0.2) is 32.4 Å². The summed E-state index contributed by atoms with van der Waals surface area (Å²) in [5, 5.41) is 0. The number of nitrogens with zero attached hydrogens (tertiary/aromatic N) is 4. The Bertz CT molecular complexity index is 901. The highest BCUT2D eigenvalue weighted by atomic mass is 15.2.